The van der Waals surface area contributed by atoms with Crippen LogP contribution < -0.4 is 20.4 Å². The van der Waals surface area contributed by atoms with Gasteiger partial charge < -0.3 is 25.2 Å². The van der Waals surface area contributed by atoms with Crippen molar-refractivity contribution in [2.45, 2.75) is 20.4 Å². The number of anilines is 3. The van der Waals surface area contributed by atoms with Crippen LogP contribution in [0.4, 0.5) is 22.4 Å². The number of ether oxygens (including phenoxy) is 1. The van der Waals surface area contributed by atoms with Gasteiger partial charge in [0.25, 0.3) is 0 Å². The first kappa shape index (κ1) is 19.8. The quantitative estimate of drug-likeness (QED) is 0.809. The van der Waals surface area contributed by atoms with Crippen molar-refractivity contribution in [1.29, 1.82) is 0 Å². The number of nitrogens with zero attached hydrogens (tertiary/aromatic N) is 5. The lowest BCUT2D eigenvalue weighted by Crippen LogP contribution is -2.38. The van der Waals surface area contributed by atoms with Gasteiger partial charge in [-0.05, 0) is 31.0 Å². The number of carbonyl (C=O) groups is 1. The van der Waals surface area contributed by atoms with Crippen molar-refractivity contribution in [2.24, 2.45) is 0 Å². The maximum Gasteiger partial charge on any atom is 0.319 e. The second kappa shape index (κ2) is 8.83. The number of rotatable bonds is 5. The van der Waals surface area contributed by atoms with Gasteiger partial charge in [-0.15, -0.1) is 0 Å². The highest BCUT2D eigenvalue weighted by atomic mass is 16.5. The Balaban J connectivity index is 1.69. The summed E-state index contributed by atoms with van der Waals surface area (Å²) in [4.78, 5) is 29.7. The van der Waals surface area contributed by atoms with E-state index in [-0.39, 0.29) is 12.6 Å². The molecule has 28 heavy (non-hydrogen) atoms. The van der Waals surface area contributed by atoms with E-state index in [0.717, 1.165) is 29.9 Å². The number of aromatic nitrogens is 3. The summed E-state index contributed by atoms with van der Waals surface area (Å²) in [5.74, 6) is 1.67. The van der Waals surface area contributed by atoms with Gasteiger partial charge in [0.1, 0.15) is 0 Å². The fourth-order valence-electron chi connectivity index (χ4n) is 2.79. The van der Waals surface area contributed by atoms with E-state index in [1.165, 1.54) is 0 Å². The summed E-state index contributed by atoms with van der Waals surface area (Å²) in [6.45, 7) is 6.96. The van der Waals surface area contributed by atoms with Gasteiger partial charge in [0, 0.05) is 32.9 Å². The highest BCUT2D eigenvalue weighted by Gasteiger charge is 2.17. The maximum atomic E-state index is 12.3. The summed E-state index contributed by atoms with van der Waals surface area (Å²) in [6, 6.07) is 5.51. The molecule has 2 amide bonds. The molecule has 0 unspecified atom stereocenters. The van der Waals surface area contributed by atoms with Crippen LogP contribution in [0.15, 0.2) is 18.2 Å². The maximum absolute atomic E-state index is 12.3. The van der Waals surface area contributed by atoms with Gasteiger partial charge >= 0.3 is 6.03 Å². The number of nitrogens with one attached hydrogen (secondary N) is 2. The molecule has 1 saturated heterocycles. The average Bonchev–Trinajstić information content (AvgIpc) is 2.70. The van der Waals surface area contributed by atoms with Crippen LogP contribution in [0.25, 0.3) is 0 Å². The third-order valence-corrected chi connectivity index (χ3v) is 4.61. The van der Waals surface area contributed by atoms with Crippen LogP contribution in [0.3, 0.4) is 0 Å². The number of hydrogen-bond donors (Lipinski definition) is 2. The number of aryl methyl sites for hydroxylation is 1. The predicted octanol–water partition coefficient (Wildman–Crippen LogP) is 1.71. The summed E-state index contributed by atoms with van der Waals surface area (Å²) < 4.78 is 5.39. The molecule has 2 heterocycles. The van der Waals surface area contributed by atoms with Crippen LogP contribution >= 0.6 is 0 Å². The fourth-order valence-corrected chi connectivity index (χ4v) is 2.79. The van der Waals surface area contributed by atoms with Gasteiger partial charge in [-0.2, -0.15) is 15.0 Å². The molecule has 1 fully saturated rings. The van der Waals surface area contributed by atoms with Gasteiger partial charge in [0.05, 0.1) is 19.8 Å². The lowest BCUT2D eigenvalue weighted by molar-refractivity contribution is 0.122. The zero-order valence-corrected chi connectivity index (χ0v) is 16.8. The minimum Gasteiger partial charge on any atom is -0.378 e. The Bertz CT molecular complexity index is 835. The molecular formula is C19H27N7O2. The van der Waals surface area contributed by atoms with Crippen molar-refractivity contribution >= 4 is 23.6 Å². The van der Waals surface area contributed by atoms with E-state index in [1.807, 2.05) is 51.0 Å². The lowest BCUT2D eigenvalue weighted by Gasteiger charge is -2.27. The molecule has 1 aliphatic rings. The van der Waals surface area contributed by atoms with Gasteiger partial charge in [-0.25, -0.2) is 4.79 Å². The Morgan fingerprint density at radius 1 is 1.18 bits per heavy atom. The molecular weight excluding hydrogens is 358 g/mol. The molecule has 1 aromatic carbocycles. The van der Waals surface area contributed by atoms with E-state index in [1.54, 1.807) is 0 Å². The topological polar surface area (TPSA) is 95.5 Å². The molecule has 2 N–H and O–H groups in total. The van der Waals surface area contributed by atoms with Crippen molar-refractivity contribution in [3.8, 4) is 0 Å². The third kappa shape index (κ3) is 4.86. The number of carbonyl (C=O) groups excluding carboxylic acids is 1. The Labute approximate surface area is 165 Å². The number of urea groups is 1. The van der Waals surface area contributed by atoms with Crippen LogP contribution in [0.2, 0.25) is 0 Å². The van der Waals surface area contributed by atoms with E-state index < -0.39 is 0 Å². The summed E-state index contributed by atoms with van der Waals surface area (Å²) in [5, 5.41) is 5.70. The van der Waals surface area contributed by atoms with Crippen LogP contribution in [-0.2, 0) is 11.3 Å². The number of morpholine rings is 1. The Morgan fingerprint density at radius 2 is 1.93 bits per heavy atom. The SMILES string of the molecule is Cc1cccc(NC(=O)NCc2nc(N(C)C)nc(N3CCOCC3)n2)c1C. The standard InChI is InChI=1S/C19H27N7O2/c1-13-6-5-7-15(14(13)2)21-19(27)20-12-16-22-17(25(3)4)24-18(23-16)26-8-10-28-11-9-26/h5-7H,8-12H2,1-4H3,(H2,20,21,27). The van der Waals surface area contributed by atoms with Crippen LogP contribution in [-0.4, -0.2) is 61.4 Å². The Morgan fingerprint density at radius 3 is 2.64 bits per heavy atom. The second-order valence-corrected chi connectivity index (χ2v) is 6.90. The first-order valence-electron chi connectivity index (χ1n) is 9.30. The summed E-state index contributed by atoms with van der Waals surface area (Å²) in [5.41, 5.74) is 2.96. The molecule has 1 aromatic heterocycles. The van der Waals surface area contributed by atoms with Gasteiger partial charge in [0.15, 0.2) is 5.82 Å². The van der Waals surface area contributed by atoms with Crippen molar-refractivity contribution in [3.05, 3.63) is 35.2 Å². The lowest BCUT2D eigenvalue weighted by atomic mass is 10.1. The molecule has 0 atom stereocenters. The Hall–Kier alpha value is -2.94. The van der Waals surface area contributed by atoms with E-state index in [9.17, 15) is 4.79 Å². The Kier molecular flexibility index (Phi) is 6.25. The fraction of sp³-hybridized carbons (Fsp3) is 0.474. The van der Waals surface area contributed by atoms with E-state index in [0.29, 0.717) is 30.9 Å². The molecule has 0 bridgehead atoms. The molecule has 0 saturated carbocycles. The molecule has 9 nitrogen and oxygen atoms in total. The monoisotopic (exact) mass is 385 g/mol. The predicted molar refractivity (Wildman–Crippen MR) is 109 cm³/mol. The highest BCUT2D eigenvalue weighted by molar-refractivity contribution is 5.90. The van der Waals surface area contributed by atoms with Crippen molar-refractivity contribution in [3.63, 3.8) is 0 Å². The van der Waals surface area contributed by atoms with Crippen molar-refractivity contribution in [2.75, 3.05) is 55.5 Å². The third-order valence-electron chi connectivity index (χ3n) is 4.61. The number of hydrogen-bond acceptors (Lipinski definition) is 7. The minimum absolute atomic E-state index is 0.206. The molecule has 3 rings (SSSR count). The molecule has 2 aromatic rings. The largest absolute Gasteiger partial charge is 0.378 e. The minimum atomic E-state index is -0.298. The summed E-state index contributed by atoms with van der Waals surface area (Å²) in [6.07, 6.45) is 0. The molecule has 0 spiro atoms. The highest BCUT2D eigenvalue weighted by Crippen LogP contribution is 2.18. The zero-order chi connectivity index (χ0) is 20.1. The molecule has 0 radical (unpaired) electrons. The van der Waals surface area contributed by atoms with E-state index >= 15 is 0 Å². The van der Waals surface area contributed by atoms with Crippen molar-refractivity contribution < 1.29 is 9.53 Å². The first-order valence-corrected chi connectivity index (χ1v) is 9.30. The van der Waals surface area contributed by atoms with Crippen LogP contribution in [0.5, 0.6) is 0 Å². The number of benzene rings is 1. The van der Waals surface area contributed by atoms with Gasteiger partial charge in [0.2, 0.25) is 11.9 Å². The van der Waals surface area contributed by atoms with Gasteiger partial charge in [-0.3, -0.25) is 0 Å². The molecule has 0 aliphatic carbocycles. The molecule has 150 valence electrons. The van der Waals surface area contributed by atoms with E-state index in [4.69, 9.17) is 4.74 Å². The van der Waals surface area contributed by atoms with Gasteiger partial charge in [-0.1, -0.05) is 12.1 Å². The number of amides is 2. The molecule has 1 aliphatic heterocycles. The smallest absolute Gasteiger partial charge is 0.319 e. The molecule has 9 heteroatoms. The van der Waals surface area contributed by atoms with E-state index in [2.05, 4.69) is 30.5 Å². The van der Waals surface area contributed by atoms with Crippen LogP contribution in [0.1, 0.15) is 17.0 Å². The normalized spacial score (nSPS) is 13.9. The summed E-state index contributed by atoms with van der Waals surface area (Å²) in [7, 11) is 3.76. The second-order valence-electron chi connectivity index (χ2n) is 6.90. The van der Waals surface area contributed by atoms with Crippen LogP contribution in [0, 0.1) is 13.8 Å². The zero-order valence-electron chi connectivity index (χ0n) is 16.8. The van der Waals surface area contributed by atoms with Crippen molar-refractivity contribution in [1.82, 2.24) is 20.3 Å². The average molecular weight is 385 g/mol. The first-order chi connectivity index (χ1) is 13.4. The summed E-state index contributed by atoms with van der Waals surface area (Å²) >= 11 is 0.